The van der Waals surface area contributed by atoms with Gasteiger partial charge in [0.2, 0.25) is 0 Å². The van der Waals surface area contributed by atoms with Gasteiger partial charge in [-0.3, -0.25) is 9.98 Å². The summed E-state index contributed by atoms with van der Waals surface area (Å²) in [6.07, 6.45) is 2.53. The van der Waals surface area contributed by atoms with Gasteiger partial charge >= 0.3 is 0 Å². The highest BCUT2D eigenvalue weighted by Gasteiger charge is 2.06. The second kappa shape index (κ2) is 9.50. The van der Waals surface area contributed by atoms with Crippen LogP contribution in [0.2, 0.25) is 0 Å². The third-order valence-electron chi connectivity index (χ3n) is 3.33. The molecule has 24 heavy (non-hydrogen) atoms. The number of halogens is 1. The molecule has 1 aromatic carbocycles. The fraction of sp³-hybridized carbons (Fsp3) is 0.333. The molecule has 0 spiro atoms. The van der Waals surface area contributed by atoms with Crippen molar-refractivity contribution in [2.24, 2.45) is 4.99 Å². The zero-order chi connectivity index (χ0) is 17.2. The third kappa shape index (κ3) is 6.24. The maximum atomic E-state index is 12.9. The Kier molecular flexibility index (Phi) is 7.01. The van der Waals surface area contributed by atoms with E-state index in [2.05, 4.69) is 20.6 Å². The van der Waals surface area contributed by atoms with E-state index >= 15 is 0 Å². The minimum absolute atomic E-state index is 0.0789. The van der Waals surface area contributed by atoms with Crippen molar-refractivity contribution < 1.29 is 9.13 Å². The van der Waals surface area contributed by atoms with Gasteiger partial charge in [-0.05, 0) is 43.3 Å². The third-order valence-corrected chi connectivity index (χ3v) is 3.33. The lowest BCUT2D eigenvalue weighted by molar-refractivity contribution is 0.223. The van der Waals surface area contributed by atoms with Gasteiger partial charge in [0.05, 0.1) is 6.54 Å². The molecule has 0 radical (unpaired) electrons. The van der Waals surface area contributed by atoms with E-state index in [9.17, 15) is 4.39 Å². The number of hydrogen-bond acceptors (Lipinski definition) is 3. The number of guanidine groups is 1. The topological polar surface area (TPSA) is 58.5 Å². The molecule has 2 aromatic rings. The number of nitrogens with one attached hydrogen (secondary N) is 2. The number of rotatable bonds is 7. The molecule has 1 heterocycles. The van der Waals surface area contributed by atoms with E-state index in [0.29, 0.717) is 18.3 Å². The fourth-order valence-corrected chi connectivity index (χ4v) is 2.10. The molecule has 0 aliphatic rings. The van der Waals surface area contributed by atoms with Crippen LogP contribution >= 0.6 is 0 Å². The van der Waals surface area contributed by atoms with E-state index in [0.717, 1.165) is 18.7 Å². The Morgan fingerprint density at radius 1 is 1.21 bits per heavy atom. The largest absolute Gasteiger partial charge is 0.489 e. The summed E-state index contributed by atoms with van der Waals surface area (Å²) in [5, 5.41) is 6.44. The Balaban J connectivity index is 1.69. The number of hydrogen-bond donors (Lipinski definition) is 2. The van der Waals surface area contributed by atoms with Crippen molar-refractivity contribution in [1.29, 1.82) is 0 Å². The Labute approximate surface area is 142 Å². The minimum atomic E-state index is -0.273. The molecule has 0 amide bonds. The monoisotopic (exact) mass is 330 g/mol. The molecule has 128 valence electrons. The molecule has 1 aromatic heterocycles. The minimum Gasteiger partial charge on any atom is -0.489 e. The molecule has 0 aliphatic heterocycles. The van der Waals surface area contributed by atoms with Gasteiger partial charge in [-0.1, -0.05) is 6.07 Å². The summed E-state index contributed by atoms with van der Waals surface area (Å²) in [6.45, 7) is 3.27. The molecule has 0 saturated heterocycles. The highest BCUT2D eigenvalue weighted by molar-refractivity contribution is 5.79. The van der Waals surface area contributed by atoms with Gasteiger partial charge in [-0.2, -0.15) is 0 Å². The van der Waals surface area contributed by atoms with Crippen LogP contribution in [0.15, 0.2) is 53.7 Å². The van der Waals surface area contributed by atoms with Crippen LogP contribution in [0.3, 0.4) is 0 Å². The molecule has 0 bridgehead atoms. The average molecular weight is 330 g/mol. The van der Waals surface area contributed by atoms with E-state index in [4.69, 9.17) is 4.74 Å². The maximum Gasteiger partial charge on any atom is 0.191 e. The van der Waals surface area contributed by atoms with Crippen LogP contribution in [0.1, 0.15) is 12.6 Å². The van der Waals surface area contributed by atoms with Crippen molar-refractivity contribution in [3.05, 3.63) is 60.2 Å². The molecular weight excluding hydrogens is 307 g/mol. The number of benzene rings is 1. The summed E-state index contributed by atoms with van der Waals surface area (Å²) in [5.74, 6) is 1.08. The van der Waals surface area contributed by atoms with E-state index in [1.165, 1.54) is 12.1 Å². The SMILES string of the molecule is CN=C(NCCc1ccccn1)NCC(C)Oc1ccc(F)cc1. The van der Waals surface area contributed by atoms with E-state index in [1.807, 2.05) is 25.1 Å². The number of nitrogens with zero attached hydrogens (tertiary/aromatic N) is 2. The van der Waals surface area contributed by atoms with Crippen LogP contribution in [-0.2, 0) is 6.42 Å². The summed E-state index contributed by atoms with van der Waals surface area (Å²) in [4.78, 5) is 8.46. The van der Waals surface area contributed by atoms with E-state index in [1.54, 1.807) is 25.4 Å². The number of aromatic nitrogens is 1. The van der Waals surface area contributed by atoms with Crippen LogP contribution in [0.25, 0.3) is 0 Å². The first-order valence-corrected chi connectivity index (χ1v) is 7.94. The lowest BCUT2D eigenvalue weighted by Gasteiger charge is -2.17. The van der Waals surface area contributed by atoms with Gasteiger partial charge in [0, 0.05) is 31.9 Å². The smallest absolute Gasteiger partial charge is 0.191 e. The number of aliphatic imine (C=N–C) groups is 1. The summed E-state index contributed by atoms with van der Waals surface area (Å²) in [6, 6.07) is 11.9. The first-order chi connectivity index (χ1) is 11.7. The highest BCUT2D eigenvalue weighted by Crippen LogP contribution is 2.12. The summed E-state index contributed by atoms with van der Waals surface area (Å²) >= 11 is 0. The zero-order valence-corrected chi connectivity index (χ0v) is 14.0. The van der Waals surface area contributed by atoms with Gasteiger partial charge < -0.3 is 15.4 Å². The van der Waals surface area contributed by atoms with Crippen molar-refractivity contribution in [3.8, 4) is 5.75 Å². The van der Waals surface area contributed by atoms with Crippen LogP contribution in [0.5, 0.6) is 5.75 Å². The zero-order valence-electron chi connectivity index (χ0n) is 14.0. The Hall–Kier alpha value is -2.63. The van der Waals surface area contributed by atoms with Crippen LogP contribution in [-0.4, -0.2) is 37.2 Å². The normalized spacial score (nSPS) is 12.5. The van der Waals surface area contributed by atoms with Crippen molar-refractivity contribution in [3.63, 3.8) is 0 Å². The molecular formula is C18H23FN4O. The molecule has 1 atom stereocenters. The molecule has 0 aliphatic carbocycles. The molecule has 5 nitrogen and oxygen atoms in total. The van der Waals surface area contributed by atoms with Gasteiger partial charge in [0.1, 0.15) is 17.7 Å². The standard InChI is InChI=1S/C18H23FN4O/c1-14(24-17-8-6-15(19)7-9-17)13-23-18(20-2)22-12-10-16-5-3-4-11-21-16/h3-9,11,14H,10,12-13H2,1-2H3,(H2,20,22,23). The molecule has 6 heteroatoms. The number of ether oxygens (including phenoxy) is 1. The maximum absolute atomic E-state index is 12.9. The lowest BCUT2D eigenvalue weighted by Crippen LogP contribution is -2.42. The summed E-state index contributed by atoms with van der Waals surface area (Å²) in [7, 11) is 1.72. The highest BCUT2D eigenvalue weighted by atomic mass is 19.1. The summed E-state index contributed by atoms with van der Waals surface area (Å²) in [5.41, 5.74) is 1.04. The Morgan fingerprint density at radius 2 is 2.00 bits per heavy atom. The molecule has 1 unspecified atom stereocenters. The van der Waals surface area contributed by atoms with E-state index in [-0.39, 0.29) is 11.9 Å². The van der Waals surface area contributed by atoms with Crippen molar-refractivity contribution >= 4 is 5.96 Å². The van der Waals surface area contributed by atoms with Gasteiger partial charge in [-0.25, -0.2) is 4.39 Å². The van der Waals surface area contributed by atoms with Crippen molar-refractivity contribution in [1.82, 2.24) is 15.6 Å². The van der Waals surface area contributed by atoms with Crippen LogP contribution in [0, 0.1) is 5.82 Å². The molecule has 0 fully saturated rings. The van der Waals surface area contributed by atoms with Crippen molar-refractivity contribution in [2.45, 2.75) is 19.4 Å². The van der Waals surface area contributed by atoms with Gasteiger partial charge in [-0.15, -0.1) is 0 Å². The molecule has 2 N–H and O–H groups in total. The van der Waals surface area contributed by atoms with Gasteiger partial charge in [0.25, 0.3) is 0 Å². The second-order valence-electron chi connectivity index (χ2n) is 5.33. The predicted octanol–water partition coefficient (Wildman–Crippen LogP) is 2.40. The molecule has 0 saturated carbocycles. The van der Waals surface area contributed by atoms with E-state index < -0.39 is 0 Å². The fourth-order valence-electron chi connectivity index (χ4n) is 2.10. The van der Waals surface area contributed by atoms with Gasteiger partial charge in [0.15, 0.2) is 5.96 Å². The number of pyridine rings is 1. The van der Waals surface area contributed by atoms with Crippen LogP contribution < -0.4 is 15.4 Å². The first kappa shape index (κ1) is 17.7. The average Bonchev–Trinajstić information content (AvgIpc) is 2.61. The first-order valence-electron chi connectivity index (χ1n) is 7.94. The Bertz CT molecular complexity index is 631. The summed E-state index contributed by atoms with van der Waals surface area (Å²) < 4.78 is 18.6. The van der Waals surface area contributed by atoms with Crippen LogP contribution in [0.4, 0.5) is 4.39 Å². The second-order valence-corrected chi connectivity index (χ2v) is 5.33. The lowest BCUT2D eigenvalue weighted by atomic mass is 10.3. The predicted molar refractivity (Wildman–Crippen MR) is 93.8 cm³/mol. The Morgan fingerprint density at radius 3 is 2.67 bits per heavy atom. The van der Waals surface area contributed by atoms with Crippen molar-refractivity contribution in [2.75, 3.05) is 20.1 Å². The molecule has 2 rings (SSSR count). The quantitative estimate of drug-likeness (QED) is 0.605.